The van der Waals surface area contributed by atoms with Crippen molar-refractivity contribution >= 4 is 0 Å². The molecule has 0 aromatic heterocycles. The summed E-state index contributed by atoms with van der Waals surface area (Å²) >= 11 is 0. The average Bonchev–Trinajstić information content (AvgIpc) is 2.38. The third-order valence-corrected chi connectivity index (χ3v) is 7.18. The van der Waals surface area contributed by atoms with Crippen molar-refractivity contribution in [1.82, 2.24) is 0 Å². The molecule has 19 heavy (non-hydrogen) atoms. The van der Waals surface area contributed by atoms with Crippen LogP contribution in [0.5, 0.6) is 0 Å². The van der Waals surface area contributed by atoms with E-state index in [-0.39, 0.29) is 0 Å². The third kappa shape index (κ3) is 2.26. The SMILES string of the molecule is NC(CC1CCCCC1)C12CC3CC(CC(C3)C1)C2. The maximum absolute atomic E-state index is 6.80. The van der Waals surface area contributed by atoms with Crippen LogP contribution < -0.4 is 5.73 Å². The molecule has 108 valence electrons. The van der Waals surface area contributed by atoms with Gasteiger partial charge in [-0.3, -0.25) is 0 Å². The smallest absolute Gasteiger partial charge is 0.00985 e. The standard InChI is InChI=1S/C18H31N/c19-17(9-13-4-2-1-3-5-13)18-10-14-6-15(11-18)8-16(7-14)12-18/h13-17H,1-12,19H2. The topological polar surface area (TPSA) is 26.0 Å². The van der Waals surface area contributed by atoms with Crippen LogP contribution in [0.2, 0.25) is 0 Å². The fraction of sp³-hybridized carbons (Fsp3) is 1.00. The first-order valence-electron chi connectivity index (χ1n) is 8.99. The van der Waals surface area contributed by atoms with Crippen molar-refractivity contribution in [1.29, 1.82) is 0 Å². The molecular weight excluding hydrogens is 230 g/mol. The van der Waals surface area contributed by atoms with Gasteiger partial charge in [-0.1, -0.05) is 32.1 Å². The van der Waals surface area contributed by atoms with Crippen LogP contribution in [0, 0.1) is 29.1 Å². The zero-order valence-electron chi connectivity index (χ0n) is 12.4. The molecule has 1 unspecified atom stereocenters. The Bertz CT molecular complexity index is 293. The van der Waals surface area contributed by atoms with Gasteiger partial charge in [-0.2, -0.15) is 0 Å². The Kier molecular flexibility index (Phi) is 3.17. The molecule has 0 spiro atoms. The van der Waals surface area contributed by atoms with Gasteiger partial charge in [0.15, 0.2) is 0 Å². The molecule has 5 aliphatic rings. The van der Waals surface area contributed by atoms with Crippen molar-refractivity contribution in [2.75, 3.05) is 0 Å². The molecule has 0 amide bonds. The summed E-state index contributed by atoms with van der Waals surface area (Å²) in [5.41, 5.74) is 7.39. The lowest BCUT2D eigenvalue weighted by atomic mass is 9.47. The Morgan fingerprint density at radius 1 is 0.842 bits per heavy atom. The van der Waals surface area contributed by atoms with Gasteiger partial charge in [0.05, 0.1) is 0 Å². The van der Waals surface area contributed by atoms with E-state index in [1.54, 1.807) is 19.3 Å². The van der Waals surface area contributed by atoms with Crippen molar-refractivity contribution in [2.45, 2.75) is 83.1 Å². The minimum Gasteiger partial charge on any atom is -0.327 e. The first-order valence-corrected chi connectivity index (χ1v) is 8.99. The molecule has 0 aromatic carbocycles. The maximum Gasteiger partial charge on any atom is 0.00985 e. The van der Waals surface area contributed by atoms with Crippen LogP contribution >= 0.6 is 0 Å². The summed E-state index contributed by atoms with van der Waals surface area (Å²) in [6.45, 7) is 0. The Morgan fingerprint density at radius 2 is 1.37 bits per heavy atom. The summed E-state index contributed by atoms with van der Waals surface area (Å²) in [5.74, 6) is 4.15. The van der Waals surface area contributed by atoms with E-state index < -0.39 is 0 Å². The van der Waals surface area contributed by atoms with Gasteiger partial charge in [-0.25, -0.2) is 0 Å². The molecule has 4 bridgehead atoms. The van der Waals surface area contributed by atoms with E-state index in [4.69, 9.17) is 5.73 Å². The monoisotopic (exact) mass is 261 g/mol. The largest absolute Gasteiger partial charge is 0.327 e. The highest BCUT2D eigenvalue weighted by Gasteiger charge is 2.53. The highest BCUT2D eigenvalue weighted by Crippen LogP contribution is 2.61. The first-order chi connectivity index (χ1) is 9.23. The van der Waals surface area contributed by atoms with E-state index in [1.165, 1.54) is 57.8 Å². The molecule has 1 nitrogen and oxygen atoms in total. The fourth-order valence-corrected chi connectivity index (χ4v) is 6.66. The third-order valence-electron chi connectivity index (χ3n) is 7.18. The second-order valence-electron chi connectivity index (χ2n) is 8.63. The lowest BCUT2D eigenvalue weighted by Gasteiger charge is -2.59. The van der Waals surface area contributed by atoms with Gasteiger partial charge in [0.25, 0.3) is 0 Å². The molecule has 0 aromatic rings. The summed E-state index contributed by atoms with van der Waals surface area (Å²) in [6, 6.07) is 0.531. The van der Waals surface area contributed by atoms with Gasteiger partial charge in [0.1, 0.15) is 0 Å². The second-order valence-corrected chi connectivity index (χ2v) is 8.63. The van der Waals surface area contributed by atoms with Gasteiger partial charge in [-0.15, -0.1) is 0 Å². The predicted octanol–water partition coefficient (Wildman–Crippen LogP) is 4.50. The molecule has 5 saturated carbocycles. The lowest BCUT2D eigenvalue weighted by molar-refractivity contribution is -0.0710. The maximum atomic E-state index is 6.80. The molecule has 0 saturated heterocycles. The number of hydrogen-bond acceptors (Lipinski definition) is 1. The molecule has 0 heterocycles. The van der Waals surface area contributed by atoms with Crippen molar-refractivity contribution in [2.24, 2.45) is 34.8 Å². The molecule has 5 rings (SSSR count). The quantitative estimate of drug-likeness (QED) is 0.795. The van der Waals surface area contributed by atoms with Crippen LogP contribution in [-0.2, 0) is 0 Å². The first kappa shape index (κ1) is 12.7. The van der Waals surface area contributed by atoms with E-state index >= 15 is 0 Å². The van der Waals surface area contributed by atoms with E-state index in [1.807, 2.05) is 0 Å². The summed E-state index contributed by atoms with van der Waals surface area (Å²) in [4.78, 5) is 0. The number of nitrogens with two attached hydrogens (primary N) is 1. The summed E-state index contributed by atoms with van der Waals surface area (Å²) in [7, 11) is 0. The van der Waals surface area contributed by atoms with E-state index in [0.29, 0.717) is 11.5 Å². The summed E-state index contributed by atoms with van der Waals surface area (Å²) in [5, 5.41) is 0. The van der Waals surface area contributed by atoms with Crippen molar-refractivity contribution < 1.29 is 0 Å². The van der Waals surface area contributed by atoms with Crippen LogP contribution in [-0.4, -0.2) is 6.04 Å². The van der Waals surface area contributed by atoms with Gasteiger partial charge in [0.2, 0.25) is 0 Å². The predicted molar refractivity (Wildman–Crippen MR) is 79.8 cm³/mol. The Morgan fingerprint density at radius 3 is 1.89 bits per heavy atom. The summed E-state index contributed by atoms with van der Waals surface area (Å²) < 4.78 is 0. The van der Waals surface area contributed by atoms with Gasteiger partial charge in [0, 0.05) is 6.04 Å². The summed E-state index contributed by atoms with van der Waals surface area (Å²) in [6.07, 6.45) is 17.8. The molecule has 2 N–H and O–H groups in total. The molecule has 1 atom stereocenters. The van der Waals surface area contributed by atoms with E-state index in [2.05, 4.69) is 0 Å². The van der Waals surface area contributed by atoms with Crippen molar-refractivity contribution in [3.05, 3.63) is 0 Å². The fourth-order valence-electron chi connectivity index (χ4n) is 6.66. The molecule has 1 heteroatoms. The molecule has 0 radical (unpaired) electrons. The Balaban J connectivity index is 1.45. The van der Waals surface area contributed by atoms with Gasteiger partial charge < -0.3 is 5.73 Å². The molecule has 0 aliphatic heterocycles. The highest BCUT2D eigenvalue weighted by molar-refractivity contribution is 5.05. The molecular formula is C18H31N. The van der Waals surface area contributed by atoms with Crippen LogP contribution in [0.4, 0.5) is 0 Å². The highest BCUT2D eigenvalue weighted by atomic mass is 14.7. The van der Waals surface area contributed by atoms with Crippen LogP contribution in [0.3, 0.4) is 0 Å². The van der Waals surface area contributed by atoms with E-state index in [9.17, 15) is 0 Å². The number of hydrogen-bond donors (Lipinski definition) is 1. The lowest BCUT2D eigenvalue weighted by Crippen LogP contribution is -2.55. The van der Waals surface area contributed by atoms with Crippen LogP contribution in [0.15, 0.2) is 0 Å². The van der Waals surface area contributed by atoms with Crippen LogP contribution in [0.25, 0.3) is 0 Å². The average molecular weight is 261 g/mol. The minimum absolute atomic E-state index is 0.531. The molecule has 5 aliphatic carbocycles. The zero-order valence-corrected chi connectivity index (χ0v) is 12.4. The van der Waals surface area contributed by atoms with Crippen molar-refractivity contribution in [3.8, 4) is 0 Å². The van der Waals surface area contributed by atoms with Gasteiger partial charge >= 0.3 is 0 Å². The normalized spacial score (nSPS) is 47.5. The van der Waals surface area contributed by atoms with Crippen LogP contribution in [0.1, 0.15) is 77.0 Å². The van der Waals surface area contributed by atoms with Crippen molar-refractivity contribution in [3.63, 3.8) is 0 Å². The molecule has 5 fully saturated rings. The van der Waals surface area contributed by atoms with Gasteiger partial charge in [-0.05, 0) is 74.0 Å². The Labute approximate surface area is 118 Å². The van der Waals surface area contributed by atoms with E-state index in [0.717, 1.165) is 23.7 Å². The second kappa shape index (κ2) is 4.76. The Hall–Kier alpha value is -0.0400. The minimum atomic E-state index is 0.531. The number of rotatable bonds is 3. The zero-order chi connectivity index (χ0) is 12.9.